The van der Waals surface area contributed by atoms with Crippen molar-refractivity contribution < 1.29 is 24.1 Å². The van der Waals surface area contributed by atoms with Crippen LogP contribution in [0.1, 0.15) is 46.0 Å². The number of esters is 1. The van der Waals surface area contributed by atoms with Crippen molar-refractivity contribution in [2.45, 2.75) is 63.3 Å². The van der Waals surface area contributed by atoms with E-state index < -0.39 is 11.2 Å². The van der Waals surface area contributed by atoms with Gasteiger partial charge in [0.15, 0.2) is 0 Å². The van der Waals surface area contributed by atoms with Crippen LogP contribution in [-0.4, -0.2) is 86.3 Å². The van der Waals surface area contributed by atoms with Gasteiger partial charge in [-0.1, -0.05) is 6.92 Å². The third-order valence-electron chi connectivity index (χ3n) is 8.53. The predicted molar refractivity (Wildman–Crippen MR) is 109 cm³/mol. The minimum absolute atomic E-state index is 0.0454. The summed E-state index contributed by atoms with van der Waals surface area (Å²) in [6.45, 7) is 10.2. The number of aliphatic hydroxyl groups is 1. The molecular formula is C22H38N2O5. The van der Waals surface area contributed by atoms with E-state index in [-0.39, 0.29) is 29.3 Å². The number of nitrogens with zero attached hydrogens (tertiary/aromatic N) is 1. The molecule has 0 aromatic rings. The number of methoxy groups -OCH3 is 1. The van der Waals surface area contributed by atoms with E-state index in [2.05, 4.69) is 17.1 Å². The van der Waals surface area contributed by atoms with Crippen LogP contribution in [0.5, 0.6) is 0 Å². The fourth-order valence-electron chi connectivity index (χ4n) is 6.44. The molecule has 29 heavy (non-hydrogen) atoms. The van der Waals surface area contributed by atoms with Crippen molar-refractivity contribution in [1.29, 1.82) is 0 Å². The molecule has 2 heterocycles. The molecule has 2 saturated carbocycles. The van der Waals surface area contributed by atoms with E-state index in [1.807, 2.05) is 6.92 Å². The van der Waals surface area contributed by atoms with E-state index in [0.29, 0.717) is 13.0 Å². The molecule has 0 aromatic heterocycles. The lowest BCUT2D eigenvalue weighted by Gasteiger charge is -2.62. The largest absolute Gasteiger partial charge is 0.462 e. The van der Waals surface area contributed by atoms with E-state index in [0.717, 1.165) is 65.1 Å². The molecule has 2 aliphatic heterocycles. The second-order valence-corrected chi connectivity index (χ2v) is 10.0. The van der Waals surface area contributed by atoms with Crippen molar-refractivity contribution >= 4 is 5.97 Å². The summed E-state index contributed by atoms with van der Waals surface area (Å²) in [5.74, 6) is -0.255. The zero-order valence-electron chi connectivity index (χ0n) is 18.2. The summed E-state index contributed by atoms with van der Waals surface area (Å²) in [6.07, 6.45) is 4.04. The Morgan fingerprint density at radius 1 is 1.24 bits per heavy atom. The second kappa shape index (κ2) is 8.08. The molecule has 6 unspecified atom stereocenters. The molecule has 166 valence electrons. The van der Waals surface area contributed by atoms with Gasteiger partial charge in [0, 0.05) is 51.2 Å². The minimum Gasteiger partial charge on any atom is -0.462 e. The maximum Gasteiger partial charge on any atom is 0.310 e. The fraction of sp³-hybridized carbons (Fsp3) is 0.955. The molecule has 2 N–H and O–H groups in total. The number of hydrogen-bond acceptors (Lipinski definition) is 7. The Morgan fingerprint density at radius 3 is 2.72 bits per heavy atom. The van der Waals surface area contributed by atoms with Gasteiger partial charge in [-0.3, -0.25) is 9.69 Å². The van der Waals surface area contributed by atoms with E-state index in [4.69, 9.17) is 14.2 Å². The van der Waals surface area contributed by atoms with Gasteiger partial charge < -0.3 is 24.6 Å². The molecule has 2 aliphatic carbocycles. The molecule has 0 radical (unpaired) electrons. The molecule has 7 heteroatoms. The van der Waals surface area contributed by atoms with Crippen LogP contribution in [0.4, 0.5) is 0 Å². The molecule has 2 saturated heterocycles. The normalized spacial score (nSPS) is 45.5. The molecule has 4 fully saturated rings. The van der Waals surface area contributed by atoms with Crippen molar-refractivity contribution in [3.8, 4) is 0 Å². The summed E-state index contributed by atoms with van der Waals surface area (Å²) in [4.78, 5) is 15.1. The highest BCUT2D eigenvalue weighted by atomic mass is 16.6. The number of carbonyl (C=O) groups is 1. The highest BCUT2D eigenvalue weighted by molar-refractivity contribution is 5.75. The van der Waals surface area contributed by atoms with Crippen LogP contribution < -0.4 is 5.32 Å². The van der Waals surface area contributed by atoms with Crippen molar-refractivity contribution in [2.24, 2.45) is 17.3 Å². The Labute approximate surface area is 174 Å². The predicted octanol–water partition coefficient (Wildman–Crippen LogP) is 1.19. The zero-order chi connectivity index (χ0) is 20.7. The average molecular weight is 411 g/mol. The Bertz CT molecular complexity index is 612. The maximum atomic E-state index is 12.7. The molecule has 0 spiro atoms. The molecule has 4 aliphatic rings. The Morgan fingerprint density at radius 2 is 2.00 bits per heavy atom. The van der Waals surface area contributed by atoms with Gasteiger partial charge in [0.05, 0.1) is 30.3 Å². The first-order chi connectivity index (χ1) is 13.8. The van der Waals surface area contributed by atoms with Gasteiger partial charge in [0.25, 0.3) is 0 Å². The highest BCUT2D eigenvalue weighted by Gasteiger charge is 2.67. The minimum atomic E-state index is -0.936. The van der Waals surface area contributed by atoms with Gasteiger partial charge in [-0.2, -0.15) is 0 Å². The van der Waals surface area contributed by atoms with Crippen LogP contribution in [-0.2, 0) is 19.0 Å². The van der Waals surface area contributed by atoms with E-state index in [1.54, 1.807) is 7.11 Å². The number of rotatable bonds is 6. The van der Waals surface area contributed by atoms with E-state index in [1.165, 1.54) is 0 Å². The van der Waals surface area contributed by atoms with Crippen molar-refractivity contribution in [2.75, 3.05) is 53.0 Å². The second-order valence-electron chi connectivity index (χ2n) is 10.0. The topological polar surface area (TPSA) is 80.3 Å². The third-order valence-corrected chi connectivity index (χ3v) is 8.53. The van der Waals surface area contributed by atoms with Gasteiger partial charge in [0.1, 0.15) is 6.10 Å². The third kappa shape index (κ3) is 3.63. The summed E-state index contributed by atoms with van der Waals surface area (Å²) in [5, 5.41) is 15.4. The Balaban J connectivity index is 1.40. The lowest BCUT2D eigenvalue weighted by molar-refractivity contribution is -0.270. The summed E-state index contributed by atoms with van der Waals surface area (Å²) < 4.78 is 17.1. The highest BCUT2D eigenvalue weighted by Crippen LogP contribution is 2.61. The first kappa shape index (κ1) is 21.5. The van der Waals surface area contributed by atoms with Crippen LogP contribution in [0.25, 0.3) is 0 Å². The Kier molecular flexibility index (Phi) is 5.99. The van der Waals surface area contributed by atoms with Crippen LogP contribution in [0.3, 0.4) is 0 Å². The number of morpholine rings is 1. The lowest BCUT2D eigenvalue weighted by Crippen LogP contribution is -2.69. The number of fused-ring (bicyclic) bond motifs is 2. The van der Waals surface area contributed by atoms with Gasteiger partial charge in [0.2, 0.25) is 0 Å². The van der Waals surface area contributed by atoms with Crippen molar-refractivity contribution in [1.82, 2.24) is 10.2 Å². The average Bonchev–Trinajstić information content (AvgIpc) is 2.99. The molecular weight excluding hydrogens is 372 g/mol. The van der Waals surface area contributed by atoms with Gasteiger partial charge >= 0.3 is 5.97 Å². The molecule has 0 bridgehead atoms. The van der Waals surface area contributed by atoms with Crippen LogP contribution in [0.2, 0.25) is 0 Å². The molecule has 0 aromatic carbocycles. The maximum absolute atomic E-state index is 12.7. The Hall–Kier alpha value is -0.730. The van der Waals surface area contributed by atoms with E-state index >= 15 is 0 Å². The number of nitrogens with one attached hydrogen (secondary N) is 1. The van der Waals surface area contributed by atoms with Crippen LogP contribution in [0, 0.1) is 17.3 Å². The van der Waals surface area contributed by atoms with Gasteiger partial charge in [-0.05, 0) is 39.0 Å². The van der Waals surface area contributed by atoms with Gasteiger partial charge in [-0.25, -0.2) is 0 Å². The number of carbonyl (C=O) groups excluding carboxylic acids is 1. The van der Waals surface area contributed by atoms with Gasteiger partial charge in [-0.15, -0.1) is 0 Å². The molecule has 7 nitrogen and oxygen atoms in total. The summed E-state index contributed by atoms with van der Waals surface area (Å²) >= 11 is 0. The van der Waals surface area contributed by atoms with Crippen molar-refractivity contribution in [3.63, 3.8) is 0 Å². The summed E-state index contributed by atoms with van der Waals surface area (Å²) in [5.41, 5.74) is -1.80. The molecule has 4 rings (SSSR count). The smallest absolute Gasteiger partial charge is 0.310 e. The molecule has 6 atom stereocenters. The summed E-state index contributed by atoms with van der Waals surface area (Å²) in [7, 11) is 1.71. The monoisotopic (exact) mass is 410 g/mol. The van der Waals surface area contributed by atoms with E-state index in [9.17, 15) is 9.90 Å². The van der Waals surface area contributed by atoms with Crippen LogP contribution in [0.15, 0.2) is 0 Å². The fourth-order valence-corrected chi connectivity index (χ4v) is 6.44. The lowest BCUT2D eigenvalue weighted by atomic mass is 9.49. The SMILES string of the molecule is COC1(C)CCCC2(C)CC3OC(=O)C(CNCCN4CCOCC4)C3CC21O. The number of ether oxygens (including phenoxy) is 3. The quantitative estimate of drug-likeness (QED) is 0.503. The van der Waals surface area contributed by atoms with Crippen LogP contribution >= 0.6 is 0 Å². The molecule has 0 amide bonds. The van der Waals surface area contributed by atoms with Crippen molar-refractivity contribution in [3.05, 3.63) is 0 Å². The summed E-state index contributed by atoms with van der Waals surface area (Å²) in [6, 6.07) is 0. The standard InChI is InChI=1S/C22H38N2O5/c1-20-5-4-6-21(2,27-3)22(20,26)13-16-17(19(25)29-18(16)14-20)15-23-7-8-24-9-11-28-12-10-24/h16-18,23,26H,4-15H2,1-3H3. The number of hydrogen-bond donors (Lipinski definition) is 2. The first-order valence-corrected chi connectivity index (χ1v) is 11.3. The zero-order valence-corrected chi connectivity index (χ0v) is 18.2. The first-order valence-electron chi connectivity index (χ1n) is 11.3.